The van der Waals surface area contributed by atoms with E-state index in [0.29, 0.717) is 0 Å². The van der Waals surface area contributed by atoms with E-state index in [1.165, 1.54) is 20.8 Å². The molecule has 11 heteroatoms. The second kappa shape index (κ2) is 11.3. The normalized spacial score (nSPS) is 12.2. The predicted molar refractivity (Wildman–Crippen MR) is 98.8 cm³/mol. The molecule has 9 nitrogen and oxygen atoms in total. The van der Waals surface area contributed by atoms with Gasteiger partial charge in [0.05, 0.1) is 0 Å². The van der Waals surface area contributed by atoms with Crippen LogP contribution in [0.25, 0.3) is 0 Å². The van der Waals surface area contributed by atoms with Crippen LogP contribution >= 0.6 is 0 Å². The third-order valence-electron chi connectivity index (χ3n) is 3.19. The molecule has 0 aliphatic rings. The van der Waals surface area contributed by atoms with E-state index in [4.69, 9.17) is 18.8 Å². The molecule has 0 aromatic rings. The molecule has 0 aliphatic carbocycles. The first-order chi connectivity index (χ1) is 11.7. The summed E-state index contributed by atoms with van der Waals surface area (Å²) < 4.78 is 45.6. The van der Waals surface area contributed by atoms with Crippen LogP contribution in [0.15, 0.2) is 24.3 Å². The van der Waals surface area contributed by atoms with Gasteiger partial charge in [0.2, 0.25) is 0 Å². The van der Waals surface area contributed by atoms with E-state index >= 15 is 0 Å². The van der Waals surface area contributed by atoms with E-state index in [1.807, 2.05) is 0 Å². The standard InChI is InChI=1S/C16H24O9S.Li.H/c1-10(2)13(17)24-8-16(6,9-25-14(18)11(3)4)15(19)23-7-12(5)26(20,21)22;;/h12H,1,3,7-9H2,2,4-6H3,(H,20,21,22);;. The average molecular weight is 400 g/mol. The Kier molecular flexibility index (Phi) is 11.5. The van der Waals surface area contributed by atoms with Crippen LogP contribution in [0.4, 0.5) is 0 Å². The topological polar surface area (TPSA) is 133 Å². The molecule has 0 bridgehead atoms. The molecule has 0 saturated carbocycles. The second-order valence-electron chi connectivity index (χ2n) is 6.20. The van der Waals surface area contributed by atoms with E-state index in [2.05, 4.69) is 13.2 Å². The molecule has 0 fully saturated rings. The maximum atomic E-state index is 12.3. The number of hydrogen-bond acceptors (Lipinski definition) is 8. The summed E-state index contributed by atoms with van der Waals surface area (Å²) in [7, 11) is -4.39. The third-order valence-corrected chi connectivity index (χ3v) is 4.34. The van der Waals surface area contributed by atoms with E-state index in [1.54, 1.807) is 0 Å². The summed E-state index contributed by atoms with van der Waals surface area (Å²) in [4.78, 5) is 35.4. The maximum absolute atomic E-state index is 12.3. The Balaban J connectivity index is 0. The van der Waals surface area contributed by atoms with Gasteiger partial charge in [-0.3, -0.25) is 9.35 Å². The Bertz CT molecular complexity index is 667. The van der Waals surface area contributed by atoms with Gasteiger partial charge in [0, 0.05) is 11.1 Å². The molecule has 0 aliphatic heterocycles. The van der Waals surface area contributed by atoms with E-state index < -0.39 is 58.5 Å². The Morgan fingerprint density at radius 1 is 1.00 bits per heavy atom. The first-order valence-electron chi connectivity index (χ1n) is 7.49. The van der Waals surface area contributed by atoms with Crippen molar-refractivity contribution in [2.45, 2.75) is 32.9 Å². The molecule has 0 heterocycles. The van der Waals surface area contributed by atoms with Crippen molar-refractivity contribution in [1.82, 2.24) is 0 Å². The zero-order chi connectivity index (χ0) is 20.7. The molecule has 0 radical (unpaired) electrons. The summed E-state index contributed by atoms with van der Waals surface area (Å²) in [6.45, 7) is 10.4. The molecule has 150 valence electrons. The van der Waals surface area contributed by atoms with Crippen LogP contribution in [-0.4, -0.2) is 74.8 Å². The minimum absolute atomic E-state index is 0. The first-order valence-corrected chi connectivity index (χ1v) is 9.00. The number of hydrogen-bond donors (Lipinski definition) is 1. The molecular formula is C16H25LiO9S. The van der Waals surface area contributed by atoms with Gasteiger partial charge in [-0.2, -0.15) is 8.42 Å². The van der Waals surface area contributed by atoms with Crippen molar-refractivity contribution in [3.8, 4) is 0 Å². The molecule has 0 rings (SSSR count). The Labute approximate surface area is 171 Å². The zero-order valence-electron chi connectivity index (χ0n) is 15.2. The van der Waals surface area contributed by atoms with Gasteiger partial charge in [-0.15, -0.1) is 0 Å². The summed E-state index contributed by atoms with van der Waals surface area (Å²) in [6.07, 6.45) is 0. The molecule has 0 aromatic carbocycles. The molecular weight excluding hydrogens is 375 g/mol. The fraction of sp³-hybridized carbons (Fsp3) is 0.562. The zero-order valence-corrected chi connectivity index (χ0v) is 16.1. The van der Waals surface area contributed by atoms with Crippen molar-refractivity contribution in [2.24, 2.45) is 5.41 Å². The van der Waals surface area contributed by atoms with Crippen molar-refractivity contribution in [3.63, 3.8) is 0 Å². The molecule has 1 atom stereocenters. The Morgan fingerprint density at radius 2 is 1.37 bits per heavy atom. The quantitative estimate of drug-likeness (QED) is 0.182. The van der Waals surface area contributed by atoms with E-state index in [9.17, 15) is 22.8 Å². The molecule has 27 heavy (non-hydrogen) atoms. The van der Waals surface area contributed by atoms with Gasteiger partial charge >= 0.3 is 36.8 Å². The molecule has 1 unspecified atom stereocenters. The van der Waals surface area contributed by atoms with Crippen molar-refractivity contribution < 1.29 is 41.6 Å². The SMILES string of the molecule is C=C(C)C(=O)OCC(C)(COC(=O)C(=C)C)C(=O)OCC(C)S(=O)(=O)O.[LiH]. The fourth-order valence-corrected chi connectivity index (χ4v) is 1.55. The fourth-order valence-electron chi connectivity index (χ4n) is 1.31. The van der Waals surface area contributed by atoms with Crippen molar-refractivity contribution in [3.05, 3.63) is 24.3 Å². The van der Waals surface area contributed by atoms with Crippen LogP contribution in [0.2, 0.25) is 0 Å². The molecule has 0 amide bonds. The molecule has 0 saturated heterocycles. The van der Waals surface area contributed by atoms with Gasteiger partial charge < -0.3 is 14.2 Å². The van der Waals surface area contributed by atoms with E-state index in [-0.39, 0.29) is 30.0 Å². The van der Waals surface area contributed by atoms with Crippen LogP contribution < -0.4 is 0 Å². The van der Waals surface area contributed by atoms with Gasteiger partial charge in [0.15, 0.2) is 0 Å². The van der Waals surface area contributed by atoms with Crippen molar-refractivity contribution in [2.75, 3.05) is 19.8 Å². The molecule has 1 N–H and O–H groups in total. The number of carbonyl (C=O) groups excluding carboxylic acids is 3. The Morgan fingerprint density at radius 3 is 1.67 bits per heavy atom. The van der Waals surface area contributed by atoms with Crippen LogP contribution in [-0.2, 0) is 38.7 Å². The van der Waals surface area contributed by atoms with Gasteiger partial charge in [0.1, 0.15) is 30.5 Å². The van der Waals surface area contributed by atoms with Crippen LogP contribution in [0, 0.1) is 5.41 Å². The summed E-state index contributed by atoms with van der Waals surface area (Å²) in [5, 5.41) is -1.35. The summed E-state index contributed by atoms with van der Waals surface area (Å²) in [6, 6.07) is 0. The Hall–Kier alpha value is -1.60. The summed E-state index contributed by atoms with van der Waals surface area (Å²) >= 11 is 0. The number of esters is 3. The van der Waals surface area contributed by atoms with Crippen molar-refractivity contribution >= 4 is 46.9 Å². The molecule has 0 aromatic heterocycles. The minimum atomic E-state index is -4.39. The first kappa shape index (κ1) is 27.6. The van der Waals surface area contributed by atoms with Crippen LogP contribution in [0.3, 0.4) is 0 Å². The third kappa shape index (κ3) is 9.77. The van der Waals surface area contributed by atoms with Gasteiger partial charge in [-0.1, -0.05) is 13.2 Å². The predicted octanol–water partition coefficient (Wildman–Crippen LogP) is 0.402. The van der Waals surface area contributed by atoms with Gasteiger partial charge in [0.25, 0.3) is 10.1 Å². The van der Waals surface area contributed by atoms with Crippen molar-refractivity contribution in [1.29, 1.82) is 0 Å². The van der Waals surface area contributed by atoms with Gasteiger partial charge in [-0.25, -0.2) is 9.59 Å². The monoisotopic (exact) mass is 400 g/mol. The molecule has 0 spiro atoms. The van der Waals surface area contributed by atoms with Gasteiger partial charge in [-0.05, 0) is 27.7 Å². The summed E-state index contributed by atoms with van der Waals surface area (Å²) in [5.41, 5.74) is -1.41. The van der Waals surface area contributed by atoms with E-state index in [0.717, 1.165) is 6.92 Å². The number of ether oxygens (including phenoxy) is 3. The number of rotatable bonds is 10. The van der Waals surface area contributed by atoms with Crippen LogP contribution in [0.5, 0.6) is 0 Å². The summed E-state index contributed by atoms with van der Waals surface area (Å²) in [5.74, 6) is -2.50. The van der Waals surface area contributed by atoms with Crippen LogP contribution in [0.1, 0.15) is 27.7 Å². The number of carbonyl (C=O) groups is 3. The average Bonchev–Trinajstić information content (AvgIpc) is 2.53. The second-order valence-corrected chi connectivity index (χ2v) is 8.03.